The molecule has 72 valence electrons. The van der Waals surface area contributed by atoms with Crippen LogP contribution < -0.4 is 5.32 Å². The SMILES string of the molecule is C=CC1=C(C=C)C(COC)NCC1. The fraction of sp³-hybridized carbons (Fsp3) is 0.455. The number of methoxy groups -OCH3 is 1. The second kappa shape index (κ2) is 5.00. The summed E-state index contributed by atoms with van der Waals surface area (Å²) in [5.41, 5.74) is 2.51. The predicted molar refractivity (Wildman–Crippen MR) is 55.7 cm³/mol. The normalized spacial score (nSPS) is 23.0. The molecule has 0 fully saturated rings. The van der Waals surface area contributed by atoms with Gasteiger partial charge in [0.1, 0.15) is 0 Å². The zero-order chi connectivity index (χ0) is 9.68. The lowest BCUT2D eigenvalue weighted by atomic mass is 9.95. The number of ether oxygens (including phenoxy) is 1. The Labute approximate surface area is 80.0 Å². The minimum Gasteiger partial charge on any atom is -0.383 e. The molecule has 13 heavy (non-hydrogen) atoms. The Balaban J connectivity index is 2.84. The zero-order valence-corrected chi connectivity index (χ0v) is 8.18. The highest BCUT2D eigenvalue weighted by atomic mass is 16.5. The van der Waals surface area contributed by atoms with Crippen molar-refractivity contribution in [2.75, 3.05) is 20.3 Å². The second-order valence-corrected chi connectivity index (χ2v) is 3.10. The van der Waals surface area contributed by atoms with Crippen LogP contribution in [0.15, 0.2) is 36.5 Å². The molecule has 0 aromatic carbocycles. The summed E-state index contributed by atoms with van der Waals surface area (Å²) in [6.07, 6.45) is 4.85. The summed E-state index contributed by atoms with van der Waals surface area (Å²) in [7, 11) is 1.71. The standard InChI is InChI=1S/C11H17NO/c1-4-9-6-7-12-11(8-13-3)10(9)5-2/h4-5,11-12H,1-2,6-8H2,3H3. The first-order valence-electron chi connectivity index (χ1n) is 4.53. The van der Waals surface area contributed by atoms with Crippen LogP contribution in [-0.2, 0) is 4.74 Å². The van der Waals surface area contributed by atoms with Gasteiger partial charge in [0.25, 0.3) is 0 Å². The minimum atomic E-state index is 0.282. The molecule has 0 radical (unpaired) electrons. The van der Waals surface area contributed by atoms with Crippen molar-refractivity contribution in [3.8, 4) is 0 Å². The topological polar surface area (TPSA) is 21.3 Å². The molecule has 1 aliphatic rings. The van der Waals surface area contributed by atoms with Gasteiger partial charge in [0.2, 0.25) is 0 Å². The van der Waals surface area contributed by atoms with Crippen molar-refractivity contribution in [3.05, 3.63) is 36.5 Å². The molecule has 0 saturated carbocycles. The summed E-state index contributed by atoms with van der Waals surface area (Å²) in [5.74, 6) is 0. The van der Waals surface area contributed by atoms with Gasteiger partial charge in [0, 0.05) is 7.11 Å². The van der Waals surface area contributed by atoms with E-state index < -0.39 is 0 Å². The van der Waals surface area contributed by atoms with Gasteiger partial charge in [-0.3, -0.25) is 0 Å². The lowest BCUT2D eigenvalue weighted by Crippen LogP contribution is -2.39. The molecule has 0 amide bonds. The van der Waals surface area contributed by atoms with E-state index in [0.717, 1.165) is 13.0 Å². The fourth-order valence-electron chi connectivity index (χ4n) is 1.67. The van der Waals surface area contributed by atoms with E-state index in [4.69, 9.17) is 4.74 Å². The van der Waals surface area contributed by atoms with Crippen LogP contribution in [0.25, 0.3) is 0 Å². The van der Waals surface area contributed by atoms with Crippen LogP contribution in [0.5, 0.6) is 0 Å². The van der Waals surface area contributed by atoms with Gasteiger partial charge in [0.05, 0.1) is 12.6 Å². The van der Waals surface area contributed by atoms with E-state index in [-0.39, 0.29) is 6.04 Å². The van der Waals surface area contributed by atoms with Gasteiger partial charge in [-0.1, -0.05) is 25.3 Å². The Morgan fingerprint density at radius 3 is 2.85 bits per heavy atom. The van der Waals surface area contributed by atoms with Crippen molar-refractivity contribution in [1.29, 1.82) is 0 Å². The maximum Gasteiger partial charge on any atom is 0.0657 e. The minimum absolute atomic E-state index is 0.282. The van der Waals surface area contributed by atoms with Crippen LogP contribution >= 0.6 is 0 Å². The van der Waals surface area contributed by atoms with Gasteiger partial charge in [-0.05, 0) is 24.1 Å². The van der Waals surface area contributed by atoms with Gasteiger partial charge in [0.15, 0.2) is 0 Å². The third-order valence-electron chi connectivity index (χ3n) is 2.33. The molecular weight excluding hydrogens is 162 g/mol. The molecular formula is C11H17NO. The summed E-state index contributed by atoms with van der Waals surface area (Å²) < 4.78 is 5.13. The van der Waals surface area contributed by atoms with Crippen LogP contribution in [0.3, 0.4) is 0 Å². The van der Waals surface area contributed by atoms with Crippen molar-refractivity contribution in [1.82, 2.24) is 5.32 Å². The highest BCUT2D eigenvalue weighted by molar-refractivity contribution is 5.37. The molecule has 2 nitrogen and oxygen atoms in total. The summed E-state index contributed by atoms with van der Waals surface area (Å²) in [5, 5.41) is 3.38. The molecule has 1 N–H and O–H groups in total. The first-order valence-corrected chi connectivity index (χ1v) is 4.53. The summed E-state index contributed by atoms with van der Waals surface area (Å²) in [6, 6.07) is 0.282. The Morgan fingerprint density at radius 2 is 2.31 bits per heavy atom. The molecule has 0 aromatic heterocycles. The number of rotatable bonds is 4. The first-order chi connectivity index (χ1) is 6.33. The summed E-state index contributed by atoms with van der Waals surface area (Å²) in [4.78, 5) is 0. The highest BCUT2D eigenvalue weighted by Crippen LogP contribution is 2.19. The molecule has 1 unspecified atom stereocenters. The molecule has 2 heteroatoms. The van der Waals surface area contributed by atoms with Crippen LogP contribution in [0.2, 0.25) is 0 Å². The van der Waals surface area contributed by atoms with Crippen LogP contribution in [0.4, 0.5) is 0 Å². The second-order valence-electron chi connectivity index (χ2n) is 3.10. The average Bonchev–Trinajstić information content (AvgIpc) is 2.18. The monoisotopic (exact) mass is 179 g/mol. The van der Waals surface area contributed by atoms with E-state index in [1.165, 1.54) is 11.1 Å². The highest BCUT2D eigenvalue weighted by Gasteiger charge is 2.18. The number of hydrogen-bond acceptors (Lipinski definition) is 2. The van der Waals surface area contributed by atoms with E-state index in [2.05, 4.69) is 18.5 Å². The smallest absolute Gasteiger partial charge is 0.0657 e. The van der Waals surface area contributed by atoms with E-state index in [1.54, 1.807) is 7.11 Å². The van der Waals surface area contributed by atoms with Crippen molar-refractivity contribution in [2.24, 2.45) is 0 Å². The molecule has 1 rings (SSSR count). The molecule has 0 spiro atoms. The number of allylic oxidation sites excluding steroid dienone is 1. The predicted octanol–water partition coefficient (Wildman–Crippen LogP) is 1.66. The zero-order valence-electron chi connectivity index (χ0n) is 8.18. The van der Waals surface area contributed by atoms with E-state index in [1.807, 2.05) is 12.2 Å². The van der Waals surface area contributed by atoms with Gasteiger partial charge >= 0.3 is 0 Å². The Bertz CT molecular complexity index is 230. The van der Waals surface area contributed by atoms with Gasteiger partial charge in [-0.2, -0.15) is 0 Å². The fourth-order valence-corrected chi connectivity index (χ4v) is 1.67. The van der Waals surface area contributed by atoms with Gasteiger partial charge < -0.3 is 10.1 Å². The largest absolute Gasteiger partial charge is 0.383 e. The molecule has 1 atom stereocenters. The van der Waals surface area contributed by atoms with E-state index >= 15 is 0 Å². The van der Waals surface area contributed by atoms with Crippen molar-refractivity contribution in [3.63, 3.8) is 0 Å². The Kier molecular flexibility index (Phi) is 3.93. The van der Waals surface area contributed by atoms with Crippen molar-refractivity contribution >= 4 is 0 Å². The third kappa shape index (κ3) is 2.29. The quantitative estimate of drug-likeness (QED) is 0.708. The van der Waals surface area contributed by atoms with Gasteiger partial charge in [-0.25, -0.2) is 0 Å². The van der Waals surface area contributed by atoms with Crippen molar-refractivity contribution < 1.29 is 4.74 Å². The van der Waals surface area contributed by atoms with Crippen LogP contribution in [0.1, 0.15) is 6.42 Å². The summed E-state index contributed by atoms with van der Waals surface area (Å²) in [6.45, 7) is 9.30. The van der Waals surface area contributed by atoms with Crippen LogP contribution in [0, 0.1) is 0 Å². The third-order valence-corrected chi connectivity index (χ3v) is 2.33. The number of hydrogen-bond donors (Lipinski definition) is 1. The molecule has 0 aromatic rings. The van der Waals surface area contributed by atoms with Crippen LogP contribution in [-0.4, -0.2) is 26.3 Å². The average molecular weight is 179 g/mol. The Hall–Kier alpha value is -0.860. The first kappa shape index (κ1) is 10.2. The maximum atomic E-state index is 5.13. The van der Waals surface area contributed by atoms with E-state index in [0.29, 0.717) is 6.61 Å². The maximum absolute atomic E-state index is 5.13. The molecule has 0 bridgehead atoms. The van der Waals surface area contributed by atoms with E-state index in [9.17, 15) is 0 Å². The molecule has 1 aliphatic heterocycles. The molecule has 0 saturated heterocycles. The Morgan fingerprint density at radius 1 is 1.54 bits per heavy atom. The summed E-state index contributed by atoms with van der Waals surface area (Å²) >= 11 is 0. The molecule has 1 heterocycles. The van der Waals surface area contributed by atoms with Crippen molar-refractivity contribution in [2.45, 2.75) is 12.5 Å². The van der Waals surface area contributed by atoms with Gasteiger partial charge in [-0.15, -0.1) is 0 Å². The lowest BCUT2D eigenvalue weighted by Gasteiger charge is -2.26. The lowest BCUT2D eigenvalue weighted by molar-refractivity contribution is 0.176. The molecule has 0 aliphatic carbocycles. The number of nitrogens with one attached hydrogen (secondary N) is 1.